The maximum absolute atomic E-state index is 8.18. The fourth-order valence-electron chi connectivity index (χ4n) is 20.5. The van der Waals surface area contributed by atoms with E-state index in [4.69, 9.17) is 13.8 Å². The number of fused-ring (bicyclic) bond motifs is 26. The first-order valence-corrected chi connectivity index (χ1v) is 39.6. The van der Waals surface area contributed by atoms with Gasteiger partial charge in [-0.15, -0.1) is 0 Å². The molecular weight excluding hydrogens is 1350 g/mol. The van der Waals surface area contributed by atoms with Crippen LogP contribution < -0.4 is 20.2 Å². The quantitative estimate of drug-likeness (QED) is 0.101. The Morgan fingerprint density at radius 3 is 1.82 bits per heavy atom. The summed E-state index contributed by atoms with van der Waals surface area (Å²) in [4.78, 5) is 11.0. The molecule has 3 heterocycles. The van der Waals surface area contributed by atoms with E-state index in [0.29, 0.717) is 5.92 Å². The molecule has 5 nitrogen and oxygen atoms in total. The van der Waals surface area contributed by atoms with Crippen LogP contribution in [0, 0.1) is 0 Å². The van der Waals surface area contributed by atoms with Crippen LogP contribution in [-0.4, -0.2) is 11.8 Å². The summed E-state index contributed by atoms with van der Waals surface area (Å²) in [7, 11) is 0. The number of benzene rings is 16. The number of hydrogen-bond acceptors (Lipinski definition) is 5. The van der Waals surface area contributed by atoms with E-state index < -0.39 is 5.41 Å². The van der Waals surface area contributed by atoms with Gasteiger partial charge < -0.3 is 18.6 Å². The Labute approximate surface area is 643 Å². The summed E-state index contributed by atoms with van der Waals surface area (Å²) < 4.78 is 16.1. The highest BCUT2D eigenvalue weighted by Crippen LogP contribution is 2.64. The first-order valence-electron chi connectivity index (χ1n) is 39.6. The van der Waals surface area contributed by atoms with Crippen LogP contribution in [0.5, 0.6) is 0 Å². The van der Waals surface area contributed by atoms with Gasteiger partial charge in [-0.1, -0.05) is 318 Å². The summed E-state index contributed by atoms with van der Waals surface area (Å²) in [5.74, 6) is 0.498. The van der Waals surface area contributed by atoms with Gasteiger partial charge in [0.15, 0.2) is 0 Å². The number of para-hydroxylation sites is 3. The number of hydrogen-bond donors (Lipinski definition) is 0. The Bertz CT molecular complexity index is 7180. The Morgan fingerprint density at radius 2 is 1.05 bits per heavy atom. The molecule has 5 heteroatoms. The Balaban J connectivity index is 0.939. The van der Waals surface area contributed by atoms with Crippen molar-refractivity contribution in [3.05, 3.63) is 389 Å². The summed E-state index contributed by atoms with van der Waals surface area (Å²) in [6.07, 6.45) is 17.4. The lowest BCUT2D eigenvalue weighted by Gasteiger charge is -2.35. The van der Waals surface area contributed by atoms with Gasteiger partial charge in [-0.3, -0.25) is 0 Å². The van der Waals surface area contributed by atoms with Crippen molar-refractivity contribution in [3.8, 4) is 33.4 Å². The lowest BCUT2D eigenvalue weighted by atomic mass is 9.70. The van der Waals surface area contributed by atoms with Crippen LogP contribution in [0.2, 0.25) is 0 Å². The molecule has 0 N–H and O–H groups in total. The minimum absolute atomic E-state index is 0.148. The fourth-order valence-corrected chi connectivity index (χ4v) is 20.5. The normalized spacial score (nSPS) is 15.5. The standard InChI is InChI=1S/C106H75N3O2/c1-64(2)73-46-27-50-83-98-95(108-63-69-37-16-17-40-74(69)81-45-22-26-55-92(81)108)62-86-94(60-70-58-87(101(67-34-11-5-12-35-67)107-71-38-13-6-14-39-71)104-99(96(70)100(86)105(98)111-102(73)83)84-51-29-48-77(103(84)110-104)66-32-9-4-10-33-66)109(93-59-68-36-15-18-41-76(68)97-75(47-28-49-82(93)97)65-30-7-3-8-31-65)72-56-57-91-85(61-72)80-44-21-25-54-90(80)106(91)88-52-23-19-42-78(88)79-43-20-24-53-89(79)106/h3,5-8,11-31,34-64,66,92H,4,9-10,32-33H2,1-2H3/b107-101-. The average molecular weight is 1420 g/mol. The highest BCUT2D eigenvalue weighted by atomic mass is 16.3. The molecule has 1 saturated carbocycles. The lowest BCUT2D eigenvalue weighted by Crippen LogP contribution is -2.44. The SMILES string of the molecule is CC(C)c1cccc2c1oc1c2c(N2C=c3ccccc3=C3C=CC=CC32)cc2c(N(c3ccc4c(c3)-c3ccccc3C43c4ccccc4-c4ccccc43)c3cc4ccccc4c4c(-c5ccccc5)cccc34)cc3cc(/C(=N\c4ccccc4)c4ccccc4)c4oc5c(C6CCCCC6)cccc5c4c3c21. The van der Waals surface area contributed by atoms with Gasteiger partial charge >= 0.3 is 0 Å². The highest BCUT2D eigenvalue weighted by Gasteiger charge is 2.52. The number of nitrogens with zero attached hydrogens (tertiary/aromatic N) is 3. The number of rotatable bonds is 10. The first-order chi connectivity index (χ1) is 54.9. The molecule has 1 unspecified atom stereocenters. The Morgan fingerprint density at radius 1 is 0.441 bits per heavy atom. The van der Waals surface area contributed by atoms with E-state index in [1.807, 2.05) is 0 Å². The summed E-state index contributed by atoms with van der Waals surface area (Å²) in [5.41, 5.74) is 26.8. The third-order valence-electron chi connectivity index (χ3n) is 25.2. The van der Waals surface area contributed by atoms with Gasteiger partial charge in [-0.05, 0) is 178 Å². The van der Waals surface area contributed by atoms with E-state index in [0.717, 1.165) is 151 Å². The van der Waals surface area contributed by atoms with Crippen LogP contribution in [0.1, 0.15) is 102 Å². The van der Waals surface area contributed by atoms with Crippen LogP contribution in [0.15, 0.2) is 348 Å². The summed E-state index contributed by atoms with van der Waals surface area (Å²) >= 11 is 0. The summed E-state index contributed by atoms with van der Waals surface area (Å²) in [6.45, 7) is 4.60. The lowest BCUT2D eigenvalue weighted by molar-refractivity contribution is 0.442. The highest BCUT2D eigenvalue weighted by molar-refractivity contribution is 6.39. The van der Waals surface area contributed by atoms with Crippen molar-refractivity contribution in [2.45, 2.75) is 69.2 Å². The monoisotopic (exact) mass is 1420 g/mol. The first kappa shape index (κ1) is 63.7. The van der Waals surface area contributed by atoms with Gasteiger partial charge in [0.1, 0.15) is 22.3 Å². The van der Waals surface area contributed by atoms with Crippen LogP contribution in [0.4, 0.5) is 28.4 Å². The molecule has 526 valence electrons. The predicted molar refractivity (Wildman–Crippen MR) is 464 cm³/mol. The number of aliphatic imine (C=N–C) groups is 1. The van der Waals surface area contributed by atoms with Crippen LogP contribution in [0.3, 0.4) is 0 Å². The molecule has 2 aromatic heterocycles. The molecule has 0 bridgehead atoms. The molecule has 18 aromatic rings. The van der Waals surface area contributed by atoms with E-state index in [1.54, 1.807) is 0 Å². The van der Waals surface area contributed by atoms with Gasteiger partial charge in [0, 0.05) is 60.7 Å². The molecule has 1 atom stereocenters. The van der Waals surface area contributed by atoms with E-state index in [2.05, 4.69) is 364 Å². The van der Waals surface area contributed by atoms with Crippen molar-refractivity contribution in [2.24, 2.45) is 4.99 Å². The second-order valence-electron chi connectivity index (χ2n) is 31.4. The van der Waals surface area contributed by atoms with Gasteiger partial charge in [0.2, 0.25) is 0 Å². The molecule has 1 spiro atoms. The van der Waals surface area contributed by atoms with Gasteiger partial charge in [-0.25, -0.2) is 4.99 Å². The molecule has 0 amide bonds. The van der Waals surface area contributed by atoms with Crippen LogP contribution in [-0.2, 0) is 5.41 Å². The molecule has 111 heavy (non-hydrogen) atoms. The average Bonchev–Trinajstić information content (AvgIpc) is 1.57. The van der Waals surface area contributed by atoms with Crippen molar-refractivity contribution >= 4 is 133 Å². The Hall–Kier alpha value is -13.4. The second kappa shape index (κ2) is 24.8. The van der Waals surface area contributed by atoms with Gasteiger partial charge in [0.25, 0.3) is 0 Å². The third-order valence-corrected chi connectivity index (χ3v) is 25.2. The molecule has 0 saturated heterocycles. The van der Waals surface area contributed by atoms with Gasteiger partial charge in [-0.2, -0.15) is 0 Å². The molecule has 4 aliphatic carbocycles. The zero-order valence-corrected chi connectivity index (χ0v) is 61.8. The maximum atomic E-state index is 8.18. The van der Waals surface area contributed by atoms with E-state index >= 15 is 0 Å². The van der Waals surface area contributed by atoms with Gasteiger partial charge in [0.05, 0.1) is 45.3 Å². The van der Waals surface area contributed by atoms with E-state index in [1.165, 1.54) is 96.5 Å². The van der Waals surface area contributed by atoms with Crippen molar-refractivity contribution in [2.75, 3.05) is 9.80 Å². The Kier molecular flexibility index (Phi) is 14.3. The number of anilines is 4. The molecule has 1 aliphatic heterocycles. The van der Waals surface area contributed by atoms with Crippen LogP contribution in [0.25, 0.3) is 132 Å². The minimum atomic E-state index is -0.569. The third kappa shape index (κ3) is 9.39. The van der Waals surface area contributed by atoms with Crippen molar-refractivity contribution < 1.29 is 8.83 Å². The number of furan rings is 2. The maximum Gasteiger partial charge on any atom is 0.146 e. The summed E-state index contributed by atoms with van der Waals surface area (Å²) in [6, 6.07) is 116. The van der Waals surface area contributed by atoms with Crippen molar-refractivity contribution in [3.63, 3.8) is 0 Å². The number of allylic oxidation sites excluding steroid dienone is 2. The minimum Gasteiger partial charge on any atom is -0.455 e. The molecule has 5 aliphatic rings. The van der Waals surface area contributed by atoms with E-state index in [9.17, 15) is 0 Å². The van der Waals surface area contributed by atoms with Crippen LogP contribution >= 0.6 is 0 Å². The molecule has 16 aromatic carbocycles. The van der Waals surface area contributed by atoms with Crippen molar-refractivity contribution in [1.29, 1.82) is 0 Å². The molecule has 0 radical (unpaired) electrons. The topological polar surface area (TPSA) is 45.1 Å². The molecule has 23 rings (SSSR count). The smallest absolute Gasteiger partial charge is 0.146 e. The predicted octanol–water partition coefficient (Wildman–Crippen LogP) is 26.8. The molecule has 1 fully saturated rings. The van der Waals surface area contributed by atoms with E-state index in [-0.39, 0.29) is 12.0 Å². The fraction of sp³-hybridized carbons (Fsp3) is 0.104. The largest absolute Gasteiger partial charge is 0.455 e. The van der Waals surface area contributed by atoms with Crippen molar-refractivity contribution in [1.82, 2.24) is 0 Å². The molecular formula is C106H75N3O2. The summed E-state index contributed by atoms with van der Waals surface area (Å²) in [5, 5.41) is 15.4. The zero-order chi connectivity index (χ0) is 73.2. The second-order valence-corrected chi connectivity index (χ2v) is 31.4. The zero-order valence-electron chi connectivity index (χ0n) is 61.8.